The molecule has 0 saturated carbocycles. The predicted molar refractivity (Wildman–Crippen MR) is 133 cm³/mol. The minimum atomic E-state index is -0.537. The maximum atomic E-state index is 12.9. The van der Waals surface area contributed by atoms with Crippen LogP contribution < -0.4 is 0 Å². The van der Waals surface area contributed by atoms with Crippen LogP contribution in [0.3, 0.4) is 0 Å². The van der Waals surface area contributed by atoms with E-state index in [-0.39, 0.29) is 24.3 Å². The molecule has 3 aromatic rings. The molecule has 0 bridgehead atoms. The van der Waals surface area contributed by atoms with Crippen molar-refractivity contribution in [3.8, 4) is 0 Å². The predicted octanol–water partition coefficient (Wildman–Crippen LogP) is 7.32. The Morgan fingerprint density at radius 1 is 0.938 bits per heavy atom. The summed E-state index contributed by atoms with van der Waals surface area (Å²) in [6.45, 7) is 7.72. The second-order valence-corrected chi connectivity index (χ2v) is 9.43. The molecule has 3 aromatic carbocycles. The summed E-state index contributed by atoms with van der Waals surface area (Å²) in [6, 6.07) is 25.7. The number of hydrogen-bond acceptors (Lipinski definition) is 3. The summed E-state index contributed by atoms with van der Waals surface area (Å²) in [4.78, 5) is 17.8. The van der Waals surface area contributed by atoms with Gasteiger partial charge in [0.05, 0.1) is 12.5 Å². The van der Waals surface area contributed by atoms with Gasteiger partial charge in [-0.1, -0.05) is 83.9 Å². The SMILES string of the molecule is Cc1ccc([C@@H](N=Cc2ccc(Cl)cc2)[C@@H](CC(=O)OC(C)(C)C)c2ccccc2)cc1. The average Bonchev–Trinajstić information content (AvgIpc) is 2.75. The summed E-state index contributed by atoms with van der Waals surface area (Å²) in [7, 11) is 0. The summed E-state index contributed by atoms with van der Waals surface area (Å²) >= 11 is 6.03. The monoisotopic (exact) mass is 447 g/mol. The number of aryl methyl sites for hydroxylation is 1. The fourth-order valence-electron chi connectivity index (χ4n) is 3.58. The van der Waals surface area contributed by atoms with Gasteiger partial charge in [-0.2, -0.15) is 0 Å². The van der Waals surface area contributed by atoms with Gasteiger partial charge in [0.15, 0.2) is 0 Å². The van der Waals surface area contributed by atoms with Crippen LogP contribution in [0, 0.1) is 6.92 Å². The molecule has 0 spiro atoms. The number of nitrogens with zero attached hydrogens (tertiary/aromatic N) is 1. The van der Waals surface area contributed by atoms with Gasteiger partial charge in [0, 0.05) is 17.2 Å². The zero-order valence-corrected chi connectivity index (χ0v) is 19.8. The van der Waals surface area contributed by atoms with Crippen LogP contribution in [0.5, 0.6) is 0 Å². The Balaban J connectivity index is 2.02. The third-order valence-electron chi connectivity index (χ3n) is 5.09. The van der Waals surface area contributed by atoms with Crippen molar-refractivity contribution in [1.82, 2.24) is 0 Å². The molecule has 4 heteroatoms. The Morgan fingerprint density at radius 3 is 2.16 bits per heavy atom. The number of carbonyl (C=O) groups is 1. The Labute approximate surface area is 196 Å². The summed E-state index contributed by atoms with van der Waals surface area (Å²) in [5.74, 6) is -0.400. The standard InChI is InChI=1S/C28H30ClNO2/c1-20-10-14-23(15-11-20)27(30-19-21-12-16-24(29)17-13-21)25(22-8-6-5-7-9-22)18-26(31)32-28(2,3)4/h5-17,19,25,27H,18H2,1-4H3/t25-,27+/m0/s1. The van der Waals surface area contributed by atoms with E-state index in [1.165, 1.54) is 5.56 Å². The Kier molecular flexibility index (Phi) is 7.87. The number of hydrogen-bond donors (Lipinski definition) is 0. The van der Waals surface area contributed by atoms with Gasteiger partial charge < -0.3 is 4.74 Å². The lowest BCUT2D eigenvalue weighted by molar-refractivity contribution is -0.155. The maximum absolute atomic E-state index is 12.9. The molecule has 0 aromatic heterocycles. The number of carbonyl (C=O) groups excluding carboxylic acids is 1. The van der Waals surface area contributed by atoms with E-state index in [4.69, 9.17) is 21.3 Å². The first-order valence-corrected chi connectivity index (χ1v) is 11.2. The quantitative estimate of drug-likeness (QED) is 0.281. The van der Waals surface area contributed by atoms with E-state index in [1.807, 2.05) is 81.6 Å². The van der Waals surface area contributed by atoms with Gasteiger partial charge in [0.2, 0.25) is 0 Å². The molecule has 0 saturated heterocycles. The van der Waals surface area contributed by atoms with Crippen molar-refractivity contribution in [1.29, 1.82) is 0 Å². The van der Waals surface area contributed by atoms with Crippen LogP contribution in [0.2, 0.25) is 5.02 Å². The molecule has 0 N–H and O–H groups in total. The zero-order valence-electron chi connectivity index (χ0n) is 19.1. The van der Waals surface area contributed by atoms with E-state index in [2.05, 4.69) is 31.2 Å². The van der Waals surface area contributed by atoms with Gasteiger partial charge in [-0.05, 0) is 56.5 Å². The van der Waals surface area contributed by atoms with Crippen molar-refractivity contribution in [3.05, 3.63) is 106 Å². The van der Waals surface area contributed by atoms with Crippen LogP contribution in [0.25, 0.3) is 0 Å². The van der Waals surface area contributed by atoms with E-state index in [9.17, 15) is 4.79 Å². The summed E-state index contributed by atoms with van der Waals surface area (Å²) in [5, 5.41) is 0.685. The highest BCUT2D eigenvalue weighted by atomic mass is 35.5. The first-order valence-electron chi connectivity index (χ1n) is 10.8. The molecule has 3 nitrogen and oxygen atoms in total. The molecule has 0 heterocycles. The molecular formula is C28H30ClNO2. The molecule has 32 heavy (non-hydrogen) atoms. The normalized spacial score (nSPS) is 13.7. The van der Waals surface area contributed by atoms with E-state index < -0.39 is 5.60 Å². The number of halogens is 1. The van der Waals surface area contributed by atoms with E-state index in [0.29, 0.717) is 5.02 Å². The third kappa shape index (κ3) is 7.06. The molecule has 0 aliphatic rings. The largest absolute Gasteiger partial charge is 0.460 e. The smallest absolute Gasteiger partial charge is 0.307 e. The van der Waals surface area contributed by atoms with Gasteiger partial charge in [-0.25, -0.2) is 0 Å². The summed E-state index contributed by atoms with van der Waals surface area (Å²) in [5.41, 5.74) is 3.70. The molecular weight excluding hydrogens is 418 g/mol. The lowest BCUT2D eigenvalue weighted by Crippen LogP contribution is -2.26. The second-order valence-electron chi connectivity index (χ2n) is 8.99. The third-order valence-corrected chi connectivity index (χ3v) is 5.34. The van der Waals surface area contributed by atoms with E-state index in [0.717, 1.165) is 16.7 Å². The van der Waals surface area contributed by atoms with Crippen molar-refractivity contribution >= 4 is 23.8 Å². The molecule has 0 amide bonds. The molecule has 2 atom stereocenters. The Bertz CT molecular complexity index is 1040. The topological polar surface area (TPSA) is 38.7 Å². The van der Waals surface area contributed by atoms with E-state index >= 15 is 0 Å². The van der Waals surface area contributed by atoms with Crippen molar-refractivity contribution < 1.29 is 9.53 Å². The van der Waals surface area contributed by atoms with Gasteiger partial charge in [-0.3, -0.25) is 9.79 Å². The minimum Gasteiger partial charge on any atom is -0.460 e. The van der Waals surface area contributed by atoms with Crippen LogP contribution in [0.4, 0.5) is 0 Å². The van der Waals surface area contributed by atoms with Crippen LogP contribution in [-0.2, 0) is 9.53 Å². The molecule has 0 aliphatic carbocycles. The second kappa shape index (κ2) is 10.6. The van der Waals surface area contributed by atoms with Gasteiger partial charge in [0.1, 0.15) is 5.60 Å². The van der Waals surface area contributed by atoms with Gasteiger partial charge in [0.25, 0.3) is 0 Å². The zero-order chi connectivity index (χ0) is 23.1. The summed E-state index contributed by atoms with van der Waals surface area (Å²) < 4.78 is 5.67. The van der Waals surface area contributed by atoms with Crippen molar-refractivity contribution in [3.63, 3.8) is 0 Å². The first-order chi connectivity index (χ1) is 15.2. The van der Waals surface area contributed by atoms with Crippen LogP contribution in [-0.4, -0.2) is 17.8 Å². The van der Waals surface area contributed by atoms with Crippen molar-refractivity contribution in [2.75, 3.05) is 0 Å². The van der Waals surface area contributed by atoms with Crippen LogP contribution >= 0.6 is 11.6 Å². The molecule has 0 fully saturated rings. The minimum absolute atomic E-state index is 0.169. The number of benzene rings is 3. The lowest BCUT2D eigenvalue weighted by atomic mass is 9.84. The highest BCUT2D eigenvalue weighted by Crippen LogP contribution is 2.37. The average molecular weight is 448 g/mol. The number of esters is 1. The van der Waals surface area contributed by atoms with Gasteiger partial charge in [-0.15, -0.1) is 0 Å². The first kappa shape index (κ1) is 23.7. The highest BCUT2D eigenvalue weighted by Gasteiger charge is 2.29. The Morgan fingerprint density at radius 2 is 1.56 bits per heavy atom. The fourth-order valence-corrected chi connectivity index (χ4v) is 3.70. The fraction of sp³-hybridized carbons (Fsp3) is 0.286. The van der Waals surface area contributed by atoms with Crippen molar-refractivity contribution in [2.24, 2.45) is 4.99 Å². The van der Waals surface area contributed by atoms with Crippen LogP contribution in [0.1, 0.15) is 61.4 Å². The lowest BCUT2D eigenvalue weighted by Gasteiger charge is -2.27. The number of aliphatic imine (C=N–C) groups is 1. The number of ether oxygens (including phenoxy) is 1. The molecule has 166 valence electrons. The molecule has 0 radical (unpaired) electrons. The molecule has 0 aliphatic heterocycles. The Hall–Kier alpha value is -2.91. The highest BCUT2D eigenvalue weighted by molar-refractivity contribution is 6.30. The molecule has 3 rings (SSSR count). The molecule has 0 unspecified atom stereocenters. The van der Waals surface area contributed by atoms with Crippen LogP contribution in [0.15, 0.2) is 83.9 Å². The number of rotatable bonds is 7. The maximum Gasteiger partial charge on any atom is 0.307 e. The van der Waals surface area contributed by atoms with Gasteiger partial charge >= 0.3 is 5.97 Å². The van der Waals surface area contributed by atoms with E-state index in [1.54, 1.807) is 0 Å². The van der Waals surface area contributed by atoms with Crippen molar-refractivity contribution in [2.45, 2.75) is 51.7 Å². The summed E-state index contributed by atoms with van der Waals surface area (Å²) in [6.07, 6.45) is 2.09.